The minimum atomic E-state index is -0.972. The van der Waals surface area contributed by atoms with E-state index in [4.69, 9.17) is 4.74 Å². The van der Waals surface area contributed by atoms with Gasteiger partial charge >= 0.3 is 5.97 Å². The summed E-state index contributed by atoms with van der Waals surface area (Å²) in [4.78, 5) is 38.6. The van der Waals surface area contributed by atoms with Gasteiger partial charge < -0.3 is 25.2 Å². The van der Waals surface area contributed by atoms with E-state index < -0.39 is 62.8 Å². The third-order valence-corrected chi connectivity index (χ3v) is 5.35. The molecule has 4 rings (SSSR count). The number of rotatable bonds is 2. The minimum absolute atomic E-state index is 0.0342. The van der Waals surface area contributed by atoms with Crippen molar-refractivity contribution < 1.29 is 39.5 Å². The van der Waals surface area contributed by atoms with Gasteiger partial charge in [0.1, 0.15) is 23.0 Å². The van der Waals surface area contributed by atoms with Crippen LogP contribution in [0.2, 0.25) is 0 Å². The van der Waals surface area contributed by atoms with E-state index in [1.54, 1.807) is 13.0 Å². The highest BCUT2D eigenvalue weighted by molar-refractivity contribution is 6.34. The van der Waals surface area contributed by atoms with Gasteiger partial charge in [-0.2, -0.15) is 0 Å². The maximum Gasteiger partial charge on any atom is 0.338 e. The molecule has 0 radical (unpaired) electrons. The van der Waals surface area contributed by atoms with E-state index in [2.05, 4.69) is 0 Å². The smallest absolute Gasteiger partial charge is 0.338 e. The Balaban J connectivity index is 2.21. The maximum atomic E-state index is 13.1. The second kappa shape index (κ2) is 6.48. The predicted molar refractivity (Wildman–Crippen MR) is 105 cm³/mol. The lowest BCUT2D eigenvalue weighted by Crippen LogP contribution is -2.22. The molecular weight excluding hydrogens is 392 g/mol. The highest BCUT2D eigenvalue weighted by Crippen LogP contribution is 2.48. The number of aromatic hydroxyl groups is 4. The number of hydrogen-bond acceptors (Lipinski definition) is 8. The molecule has 0 aromatic heterocycles. The van der Waals surface area contributed by atoms with Crippen molar-refractivity contribution in [3.8, 4) is 23.0 Å². The Kier molecular flexibility index (Phi) is 4.16. The molecule has 0 atom stereocenters. The van der Waals surface area contributed by atoms with Crippen LogP contribution in [0.15, 0.2) is 24.3 Å². The molecule has 0 unspecified atom stereocenters. The Labute approximate surface area is 169 Å². The zero-order valence-corrected chi connectivity index (χ0v) is 15.9. The molecule has 1 aliphatic rings. The number of hydrogen-bond donors (Lipinski definition) is 4. The fourth-order valence-corrected chi connectivity index (χ4v) is 3.95. The summed E-state index contributed by atoms with van der Waals surface area (Å²) in [6.07, 6.45) is 0.391. The van der Waals surface area contributed by atoms with Gasteiger partial charge in [-0.25, -0.2) is 4.79 Å². The number of methoxy groups -OCH3 is 1. The molecule has 30 heavy (non-hydrogen) atoms. The van der Waals surface area contributed by atoms with Crippen LogP contribution in [0.5, 0.6) is 23.0 Å². The molecule has 0 fully saturated rings. The normalized spacial score (nSPS) is 12.6. The number of aryl methyl sites for hydroxylation is 1. The van der Waals surface area contributed by atoms with Crippen LogP contribution in [-0.4, -0.2) is 45.1 Å². The average molecular weight is 408 g/mol. The molecule has 8 heteroatoms. The first kappa shape index (κ1) is 19.3. The zero-order valence-electron chi connectivity index (χ0n) is 15.9. The lowest BCUT2D eigenvalue weighted by atomic mass is 9.79. The summed E-state index contributed by atoms with van der Waals surface area (Å²) in [5, 5.41) is 41.9. The van der Waals surface area contributed by atoms with Crippen LogP contribution >= 0.6 is 0 Å². The van der Waals surface area contributed by atoms with Crippen molar-refractivity contribution in [2.45, 2.75) is 13.3 Å². The number of ether oxygens (including phenoxy) is 1. The number of phenolic OH excluding ortho intramolecular Hbond substituents is 4. The van der Waals surface area contributed by atoms with Crippen molar-refractivity contribution in [2.75, 3.05) is 7.11 Å². The van der Waals surface area contributed by atoms with Crippen LogP contribution in [-0.2, 0) is 11.2 Å². The Bertz CT molecular complexity index is 1300. The topological polar surface area (TPSA) is 141 Å². The fraction of sp³-hybridized carbons (Fsp3) is 0.136. The van der Waals surface area contributed by atoms with Crippen LogP contribution in [0.4, 0.5) is 0 Å². The van der Waals surface area contributed by atoms with E-state index in [9.17, 15) is 34.8 Å². The predicted octanol–water partition coefficient (Wildman–Crippen LogP) is 2.79. The second-order valence-electron chi connectivity index (χ2n) is 6.83. The zero-order chi connectivity index (χ0) is 21.9. The van der Waals surface area contributed by atoms with Crippen molar-refractivity contribution in [1.82, 2.24) is 0 Å². The van der Waals surface area contributed by atoms with Gasteiger partial charge in [-0.1, -0.05) is 19.1 Å². The summed E-state index contributed by atoms with van der Waals surface area (Å²) in [6.45, 7) is 1.77. The third kappa shape index (κ3) is 2.30. The molecule has 0 heterocycles. The van der Waals surface area contributed by atoms with Crippen molar-refractivity contribution in [3.63, 3.8) is 0 Å². The second-order valence-corrected chi connectivity index (χ2v) is 6.83. The monoisotopic (exact) mass is 408 g/mol. The number of carbonyl (C=O) groups excluding carboxylic acids is 3. The largest absolute Gasteiger partial charge is 0.507 e. The van der Waals surface area contributed by atoms with Gasteiger partial charge in [0.2, 0.25) is 11.6 Å². The molecule has 0 saturated carbocycles. The summed E-state index contributed by atoms with van der Waals surface area (Å²) in [6, 6.07) is 5.06. The number of carbonyl (C=O) groups is 3. The highest BCUT2D eigenvalue weighted by Gasteiger charge is 2.40. The molecule has 4 N–H and O–H groups in total. The van der Waals surface area contributed by atoms with Crippen molar-refractivity contribution in [1.29, 1.82) is 0 Å². The molecule has 0 aliphatic heterocycles. The SMILES string of the molecule is CCc1ccc2c(O)c3c(c(O)c2c1C(=O)OC)C(=O)c1c(O)ccc(O)c1C3=O. The summed E-state index contributed by atoms with van der Waals surface area (Å²) < 4.78 is 4.81. The van der Waals surface area contributed by atoms with Crippen LogP contribution in [0.25, 0.3) is 10.8 Å². The highest BCUT2D eigenvalue weighted by atomic mass is 16.5. The molecule has 3 aromatic rings. The Morgan fingerprint density at radius 3 is 1.87 bits per heavy atom. The standard InChI is InChI=1S/C22H16O8/c1-3-8-4-5-9-13(12(8)22(29)30-2)19(26)17-16(18(9)25)20(27)14-10(23)6-7-11(24)15(14)21(17)28/h4-7,23-26H,3H2,1-2H3. The molecule has 0 amide bonds. The van der Waals surface area contributed by atoms with Gasteiger partial charge in [0, 0.05) is 10.8 Å². The Morgan fingerprint density at radius 1 is 0.833 bits per heavy atom. The maximum absolute atomic E-state index is 13.1. The van der Waals surface area contributed by atoms with Crippen molar-refractivity contribution >= 4 is 28.3 Å². The van der Waals surface area contributed by atoms with Gasteiger partial charge in [0.25, 0.3) is 0 Å². The fourth-order valence-electron chi connectivity index (χ4n) is 3.95. The van der Waals surface area contributed by atoms with Gasteiger partial charge in [0.05, 0.1) is 34.9 Å². The van der Waals surface area contributed by atoms with Crippen LogP contribution in [0, 0.1) is 0 Å². The molecule has 152 valence electrons. The lowest BCUT2D eigenvalue weighted by molar-refractivity contribution is 0.0601. The first-order valence-electron chi connectivity index (χ1n) is 9.00. The van der Waals surface area contributed by atoms with Gasteiger partial charge in [0.15, 0.2) is 0 Å². The molecule has 1 aliphatic carbocycles. The van der Waals surface area contributed by atoms with E-state index in [0.29, 0.717) is 12.0 Å². The molecule has 0 bridgehead atoms. The first-order valence-corrected chi connectivity index (χ1v) is 9.00. The molecular formula is C22H16O8. The van der Waals surface area contributed by atoms with Crippen LogP contribution < -0.4 is 0 Å². The number of ketones is 2. The number of benzene rings is 3. The number of phenols is 4. The third-order valence-electron chi connectivity index (χ3n) is 5.35. The molecule has 3 aromatic carbocycles. The van der Waals surface area contributed by atoms with Crippen LogP contribution in [0.3, 0.4) is 0 Å². The lowest BCUT2D eigenvalue weighted by Gasteiger charge is -2.23. The number of fused-ring (bicyclic) bond motifs is 3. The van der Waals surface area contributed by atoms with Gasteiger partial charge in [-0.15, -0.1) is 0 Å². The Morgan fingerprint density at radius 2 is 1.37 bits per heavy atom. The average Bonchev–Trinajstić information content (AvgIpc) is 2.74. The van der Waals surface area contributed by atoms with E-state index in [0.717, 1.165) is 19.2 Å². The summed E-state index contributed by atoms with van der Waals surface area (Å²) in [5.41, 5.74) is -1.58. The van der Waals surface area contributed by atoms with E-state index in [1.807, 2.05) is 0 Å². The summed E-state index contributed by atoms with van der Waals surface area (Å²) in [7, 11) is 1.15. The van der Waals surface area contributed by atoms with Crippen molar-refractivity contribution in [3.05, 3.63) is 57.6 Å². The molecule has 0 saturated heterocycles. The van der Waals surface area contributed by atoms with Crippen molar-refractivity contribution in [2.24, 2.45) is 0 Å². The van der Waals surface area contributed by atoms with Crippen LogP contribution in [0.1, 0.15) is 54.7 Å². The van der Waals surface area contributed by atoms with E-state index in [-0.39, 0.29) is 16.3 Å². The minimum Gasteiger partial charge on any atom is -0.507 e. The summed E-state index contributed by atoms with van der Waals surface area (Å²) in [5.74, 6) is -5.15. The molecule has 8 nitrogen and oxygen atoms in total. The number of esters is 1. The quantitative estimate of drug-likeness (QED) is 0.293. The van der Waals surface area contributed by atoms with E-state index >= 15 is 0 Å². The first-order chi connectivity index (χ1) is 14.2. The summed E-state index contributed by atoms with van der Waals surface area (Å²) >= 11 is 0. The van der Waals surface area contributed by atoms with E-state index in [1.165, 1.54) is 6.07 Å². The molecule has 0 spiro atoms. The Hall–Kier alpha value is -4.07. The van der Waals surface area contributed by atoms with Gasteiger partial charge in [-0.3, -0.25) is 9.59 Å². The van der Waals surface area contributed by atoms with Gasteiger partial charge in [-0.05, 0) is 24.1 Å².